The lowest BCUT2D eigenvalue weighted by molar-refractivity contribution is 0.785. The third-order valence-corrected chi connectivity index (χ3v) is 3.70. The maximum atomic E-state index is 4.65. The Hall–Kier alpha value is -3.35. The van der Waals surface area contributed by atoms with Gasteiger partial charge in [-0.3, -0.25) is 14.6 Å². The Kier molecular flexibility index (Phi) is 3.59. The summed E-state index contributed by atoms with van der Waals surface area (Å²) in [6.07, 6.45) is 7.05. The van der Waals surface area contributed by atoms with Gasteiger partial charge in [0, 0.05) is 32.2 Å². The number of aryl methyl sites for hydroxylation is 1. The Balaban J connectivity index is 1.76. The number of fused-ring (bicyclic) bond motifs is 1. The lowest BCUT2D eigenvalue weighted by atomic mass is 10.2. The number of anilines is 1. The molecule has 0 saturated carbocycles. The van der Waals surface area contributed by atoms with E-state index in [1.807, 2.05) is 37.4 Å². The van der Waals surface area contributed by atoms with Gasteiger partial charge in [-0.1, -0.05) is 6.07 Å². The minimum atomic E-state index is 0.573. The lowest BCUT2D eigenvalue weighted by Gasteiger charge is -2.09. The van der Waals surface area contributed by atoms with Crippen LogP contribution in [0, 0.1) is 0 Å². The molecule has 0 unspecified atom stereocenters. The number of rotatable bonds is 4. The van der Waals surface area contributed by atoms with E-state index in [2.05, 4.69) is 30.4 Å². The van der Waals surface area contributed by atoms with Gasteiger partial charge >= 0.3 is 0 Å². The molecule has 7 heteroatoms. The average Bonchev–Trinajstić information content (AvgIpc) is 3.02. The summed E-state index contributed by atoms with van der Waals surface area (Å²) in [5.74, 6) is 1.31. The van der Waals surface area contributed by atoms with Gasteiger partial charge in [-0.15, -0.1) is 0 Å². The highest BCUT2D eigenvalue weighted by Crippen LogP contribution is 2.23. The van der Waals surface area contributed by atoms with E-state index >= 15 is 0 Å². The summed E-state index contributed by atoms with van der Waals surface area (Å²) in [7, 11) is 1.87. The van der Waals surface area contributed by atoms with Crippen LogP contribution in [0.5, 0.6) is 0 Å². The molecule has 0 aliphatic rings. The molecule has 0 spiro atoms. The first-order valence-corrected chi connectivity index (χ1v) is 7.55. The maximum absolute atomic E-state index is 4.65. The average molecular weight is 317 g/mol. The predicted molar refractivity (Wildman–Crippen MR) is 91.1 cm³/mol. The Bertz CT molecular complexity index is 964. The first-order chi connectivity index (χ1) is 11.8. The summed E-state index contributed by atoms with van der Waals surface area (Å²) in [6.45, 7) is 0.644. The summed E-state index contributed by atoms with van der Waals surface area (Å²) in [4.78, 5) is 17.6. The van der Waals surface area contributed by atoms with E-state index < -0.39 is 0 Å². The molecule has 7 nitrogen and oxygen atoms in total. The highest BCUT2D eigenvalue weighted by atomic mass is 15.3. The van der Waals surface area contributed by atoms with Crippen LogP contribution in [0.25, 0.3) is 22.6 Å². The molecule has 0 fully saturated rings. The Morgan fingerprint density at radius 1 is 1.04 bits per heavy atom. The zero-order valence-corrected chi connectivity index (χ0v) is 13.1. The first-order valence-electron chi connectivity index (χ1n) is 7.55. The largest absolute Gasteiger partial charge is 0.365 e. The van der Waals surface area contributed by atoms with Crippen LogP contribution < -0.4 is 5.32 Å². The molecule has 0 saturated heterocycles. The SMILES string of the molecule is Cn1ncc2c(NCc3ccncc3)nc(-c3ccccn3)nc21. The van der Waals surface area contributed by atoms with E-state index in [-0.39, 0.29) is 0 Å². The van der Waals surface area contributed by atoms with Crippen molar-refractivity contribution < 1.29 is 0 Å². The molecule has 24 heavy (non-hydrogen) atoms. The molecule has 0 bridgehead atoms. The second-order valence-electron chi connectivity index (χ2n) is 5.33. The summed E-state index contributed by atoms with van der Waals surface area (Å²) in [6, 6.07) is 9.62. The summed E-state index contributed by atoms with van der Waals surface area (Å²) >= 11 is 0. The molecule has 4 aromatic heterocycles. The van der Waals surface area contributed by atoms with E-state index in [1.54, 1.807) is 29.5 Å². The predicted octanol–water partition coefficient (Wildman–Crippen LogP) is 2.43. The number of pyridine rings is 2. The van der Waals surface area contributed by atoms with Gasteiger partial charge in [0.1, 0.15) is 11.5 Å². The summed E-state index contributed by atoms with van der Waals surface area (Å²) in [5.41, 5.74) is 2.62. The third kappa shape index (κ3) is 2.67. The number of nitrogens with one attached hydrogen (secondary N) is 1. The van der Waals surface area contributed by atoms with Gasteiger partial charge in [0.25, 0.3) is 0 Å². The van der Waals surface area contributed by atoms with Gasteiger partial charge in [0.05, 0.1) is 11.6 Å². The molecule has 1 N–H and O–H groups in total. The Morgan fingerprint density at radius 2 is 1.92 bits per heavy atom. The molecule has 118 valence electrons. The molecular formula is C17H15N7. The van der Waals surface area contributed by atoms with E-state index in [4.69, 9.17) is 0 Å². The number of hydrogen-bond acceptors (Lipinski definition) is 6. The fourth-order valence-corrected chi connectivity index (χ4v) is 2.45. The second-order valence-corrected chi connectivity index (χ2v) is 5.33. The number of hydrogen-bond donors (Lipinski definition) is 1. The van der Waals surface area contributed by atoms with E-state index in [0.29, 0.717) is 12.4 Å². The van der Waals surface area contributed by atoms with Gasteiger partial charge < -0.3 is 5.32 Å². The molecule has 0 radical (unpaired) electrons. The van der Waals surface area contributed by atoms with Crippen LogP contribution in [0.1, 0.15) is 5.56 Å². The third-order valence-electron chi connectivity index (χ3n) is 3.70. The van der Waals surface area contributed by atoms with Crippen LogP contribution in [0.2, 0.25) is 0 Å². The summed E-state index contributed by atoms with van der Waals surface area (Å²) in [5, 5.41) is 8.54. The monoisotopic (exact) mass is 317 g/mol. The van der Waals surface area contributed by atoms with E-state index in [1.165, 1.54) is 0 Å². The fourth-order valence-electron chi connectivity index (χ4n) is 2.45. The quantitative estimate of drug-likeness (QED) is 0.622. The highest BCUT2D eigenvalue weighted by molar-refractivity contribution is 5.87. The highest BCUT2D eigenvalue weighted by Gasteiger charge is 2.13. The van der Waals surface area contributed by atoms with Gasteiger partial charge in [-0.25, -0.2) is 9.97 Å². The van der Waals surface area contributed by atoms with Crippen LogP contribution in [0.3, 0.4) is 0 Å². The molecule has 4 heterocycles. The van der Waals surface area contributed by atoms with Crippen molar-refractivity contribution in [1.29, 1.82) is 0 Å². The molecule has 0 aliphatic carbocycles. The van der Waals surface area contributed by atoms with Crippen molar-refractivity contribution in [3.63, 3.8) is 0 Å². The van der Waals surface area contributed by atoms with Gasteiger partial charge in [-0.2, -0.15) is 5.10 Å². The topological polar surface area (TPSA) is 81.4 Å². The fraction of sp³-hybridized carbons (Fsp3) is 0.118. The maximum Gasteiger partial charge on any atom is 0.182 e. The van der Waals surface area contributed by atoms with Crippen molar-refractivity contribution in [2.75, 3.05) is 5.32 Å². The van der Waals surface area contributed by atoms with E-state index in [9.17, 15) is 0 Å². The Labute approximate surface area is 138 Å². The molecule has 0 aromatic carbocycles. The molecule has 4 rings (SSSR count). The number of aromatic nitrogens is 6. The van der Waals surface area contributed by atoms with Crippen molar-refractivity contribution in [2.24, 2.45) is 7.05 Å². The van der Waals surface area contributed by atoms with Crippen LogP contribution in [-0.2, 0) is 13.6 Å². The van der Waals surface area contributed by atoms with Gasteiger partial charge in [0.15, 0.2) is 11.5 Å². The van der Waals surface area contributed by atoms with Crippen LogP contribution in [0.4, 0.5) is 5.82 Å². The molecule has 0 amide bonds. The van der Waals surface area contributed by atoms with Crippen molar-refractivity contribution >= 4 is 16.9 Å². The standard InChI is InChI=1S/C17H15N7/c1-24-17-13(11-21-24)15(20-10-12-5-8-18-9-6-12)22-16(23-17)14-4-2-3-7-19-14/h2-9,11H,10H2,1H3,(H,20,22,23). The van der Waals surface area contributed by atoms with Crippen molar-refractivity contribution in [3.8, 4) is 11.5 Å². The Morgan fingerprint density at radius 3 is 2.71 bits per heavy atom. The lowest BCUT2D eigenvalue weighted by Crippen LogP contribution is -2.05. The van der Waals surface area contributed by atoms with Gasteiger partial charge in [0.2, 0.25) is 0 Å². The summed E-state index contributed by atoms with van der Waals surface area (Å²) < 4.78 is 1.74. The molecule has 0 aliphatic heterocycles. The smallest absolute Gasteiger partial charge is 0.182 e. The zero-order valence-electron chi connectivity index (χ0n) is 13.1. The minimum absolute atomic E-state index is 0.573. The van der Waals surface area contributed by atoms with E-state index in [0.717, 1.165) is 28.1 Å². The molecular weight excluding hydrogens is 302 g/mol. The van der Waals surface area contributed by atoms with Crippen LogP contribution in [-0.4, -0.2) is 29.7 Å². The van der Waals surface area contributed by atoms with Crippen LogP contribution in [0.15, 0.2) is 55.1 Å². The van der Waals surface area contributed by atoms with Crippen LogP contribution >= 0.6 is 0 Å². The normalized spacial score (nSPS) is 10.9. The van der Waals surface area contributed by atoms with Crippen molar-refractivity contribution in [1.82, 2.24) is 29.7 Å². The van der Waals surface area contributed by atoms with Crippen molar-refractivity contribution in [2.45, 2.75) is 6.54 Å². The zero-order chi connectivity index (χ0) is 16.4. The minimum Gasteiger partial charge on any atom is -0.365 e. The molecule has 4 aromatic rings. The number of nitrogens with zero attached hydrogens (tertiary/aromatic N) is 6. The second kappa shape index (κ2) is 6.04. The van der Waals surface area contributed by atoms with Gasteiger partial charge in [-0.05, 0) is 29.8 Å². The first kappa shape index (κ1) is 14.3. The van der Waals surface area contributed by atoms with Crippen molar-refractivity contribution in [3.05, 3.63) is 60.7 Å². The molecule has 0 atom stereocenters.